The molecule has 0 atom stereocenters. The van der Waals surface area contributed by atoms with E-state index in [2.05, 4.69) is 0 Å². The standard InChI is InChI=1S/C17H20O3/c1-2-18-16-10-6-11-17(14-16)20-13-7-12-19-15-8-4-3-5-9-15/h3-6,8-11,14H,2,7,12-13H2,1H3. The second-order valence-corrected chi connectivity index (χ2v) is 4.27. The fourth-order valence-corrected chi connectivity index (χ4v) is 1.78. The van der Waals surface area contributed by atoms with Crippen LogP contribution in [0.2, 0.25) is 0 Å². The molecule has 0 aliphatic heterocycles. The summed E-state index contributed by atoms with van der Waals surface area (Å²) in [7, 11) is 0. The monoisotopic (exact) mass is 272 g/mol. The number of ether oxygens (including phenoxy) is 3. The van der Waals surface area contributed by atoms with Gasteiger partial charge in [0.25, 0.3) is 0 Å². The lowest BCUT2D eigenvalue weighted by atomic mass is 10.3. The van der Waals surface area contributed by atoms with Crippen LogP contribution in [-0.4, -0.2) is 19.8 Å². The average molecular weight is 272 g/mol. The Hall–Kier alpha value is -2.16. The SMILES string of the molecule is CCOc1cccc(OCCCOc2ccccc2)c1. The molecule has 2 aromatic carbocycles. The van der Waals surface area contributed by atoms with Crippen molar-refractivity contribution >= 4 is 0 Å². The Morgan fingerprint density at radius 2 is 1.30 bits per heavy atom. The molecule has 0 unspecified atom stereocenters. The maximum atomic E-state index is 5.67. The van der Waals surface area contributed by atoms with Gasteiger partial charge >= 0.3 is 0 Å². The van der Waals surface area contributed by atoms with Crippen LogP contribution in [0.15, 0.2) is 54.6 Å². The van der Waals surface area contributed by atoms with Gasteiger partial charge in [0.05, 0.1) is 19.8 Å². The van der Waals surface area contributed by atoms with Gasteiger partial charge in [-0.15, -0.1) is 0 Å². The predicted molar refractivity (Wildman–Crippen MR) is 79.7 cm³/mol. The summed E-state index contributed by atoms with van der Waals surface area (Å²) >= 11 is 0. The van der Waals surface area contributed by atoms with Crippen molar-refractivity contribution < 1.29 is 14.2 Å². The van der Waals surface area contributed by atoms with Crippen molar-refractivity contribution in [3.05, 3.63) is 54.6 Å². The first-order valence-corrected chi connectivity index (χ1v) is 6.92. The smallest absolute Gasteiger partial charge is 0.122 e. The summed E-state index contributed by atoms with van der Waals surface area (Å²) in [6.07, 6.45) is 0.841. The van der Waals surface area contributed by atoms with Gasteiger partial charge in [0, 0.05) is 12.5 Å². The number of para-hydroxylation sites is 1. The molecule has 3 heteroatoms. The van der Waals surface area contributed by atoms with Gasteiger partial charge in [0.15, 0.2) is 0 Å². The van der Waals surface area contributed by atoms with Gasteiger partial charge in [0.1, 0.15) is 17.2 Å². The van der Waals surface area contributed by atoms with Gasteiger partial charge in [-0.05, 0) is 31.2 Å². The first-order chi connectivity index (χ1) is 9.88. The second-order valence-electron chi connectivity index (χ2n) is 4.27. The van der Waals surface area contributed by atoms with Crippen molar-refractivity contribution in [2.45, 2.75) is 13.3 Å². The first-order valence-electron chi connectivity index (χ1n) is 6.92. The van der Waals surface area contributed by atoms with E-state index in [1.54, 1.807) is 0 Å². The lowest BCUT2D eigenvalue weighted by Gasteiger charge is -2.09. The number of hydrogen-bond donors (Lipinski definition) is 0. The van der Waals surface area contributed by atoms with E-state index in [-0.39, 0.29) is 0 Å². The van der Waals surface area contributed by atoms with Gasteiger partial charge in [-0.3, -0.25) is 0 Å². The third-order valence-corrected chi connectivity index (χ3v) is 2.69. The maximum absolute atomic E-state index is 5.67. The van der Waals surface area contributed by atoms with E-state index in [9.17, 15) is 0 Å². The molecular formula is C17H20O3. The van der Waals surface area contributed by atoms with Crippen LogP contribution < -0.4 is 14.2 Å². The molecule has 0 bridgehead atoms. The van der Waals surface area contributed by atoms with E-state index in [1.807, 2.05) is 61.5 Å². The molecule has 0 N–H and O–H groups in total. The molecule has 0 aliphatic rings. The highest BCUT2D eigenvalue weighted by molar-refractivity contribution is 5.32. The van der Waals surface area contributed by atoms with E-state index in [0.717, 1.165) is 23.7 Å². The van der Waals surface area contributed by atoms with Crippen LogP contribution in [0.5, 0.6) is 17.2 Å². The quantitative estimate of drug-likeness (QED) is 0.681. The molecule has 20 heavy (non-hydrogen) atoms. The molecular weight excluding hydrogens is 252 g/mol. The molecule has 0 aliphatic carbocycles. The first kappa shape index (κ1) is 14.3. The second kappa shape index (κ2) is 8.10. The van der Waals surface area contributed by atoms with Crippen molar-refractivity contribution in [3.8, 4) is 17.2 Å². The minimum Gasteiger partial charge on any atom is -0.494 e. The van der Waals surface area contributed by atoms with Crippen LogP contribution in [0.4, 0.5) is 0 Å². The van der Waals surface area contributed by atoms with Crippen molar-refractivity contribution in [3.63, 3.8) is 0 Å². The normalized spacial score (nSPS) is 10.1. The van der Waals surface area contributed by atoms with Gasteiger partial charge in [-0.25, -0.2) is 0 Å². The maximum Gasteiger partial charge on any atom is 0.122 e. The fourth-order valence-electron chi connectivity index (χ4n) is 1.78. The van der Waals surface area contributed by atoms with Crippen molar-refractivity contribution in [1.82, 2.24) is 0 Å². The van der Waals surface area contributed by atoms with Crippen LogP contribution in [-0.2, 0) is 0 Å². The van der Waals surface area contributed by atoms with Gasteiger partial charge in [-0.1, -0.05) is 24.3 Å². The molecule has 0 heterocycles. The summed E-state index contributed by atoms with van der Waals surface area (Å²) in [5.74, 6) is 2.56. The summed E-state index contributed by atoms with van der Waals surface area (Å²) in [5, 5.41) is 0. The molecule has 0 radical (unpaired) electrons. The molecule has 0 amide bonds. The van der Waals surface area contributed by atoms with Crippen LogP contribution in [0.3, 0.4) is 0 Å². The Labute approximate surface area is 120 Å². The van der Waals surface area contributed by atoms with Crippen LogP contribution in [0.1, 0.15) is 13.3 Å². The third kappa shape index (κ3) is 4.84. The van der Waals surface area contributed by atoms with E-state index in [1.165, 1.54) is 0 Å². The highest BCUT2D eigenvalue weighted by Gasteiger charge is 1.98. The van der Waals surface area contributed by atoms with Crippen LogP contribution >= 0.6 is 0 Å². The summed E-state index contributed by atoms with van der Waals surface area (Å²) < 4.78 is 16.7. The zero-order valence-corrected chi connectivity index (χ0v) is 11.7. The number of rotatable bonds is 8. The Balaban J connectivity index is 1.67. The minimum atomic E-state index is 0.627. The van der Waals surface area contributed by atoms with Gasteiger partial charge in [0.2, 0.25) is 0 Å². The molecule has 0 spiro atoms. The van der Waals surface area contributed by atoms with Crippen molar-refractivity contribution in [2.24, 2.45) is 0 Å². The topological polar surface area (TPSA) is 27.7 Å². The van der Waals surface area contributed by atoms with Gasteiger partial charge in [-0.2, -0.15) is 0 Å². The molecule has 0 aromatic heterocycles. The summed E-state index contributed by atoms with van der Waals surface area (Å²) in [6, 6.07) is 17.5. The third-order valence-electron chi connectivity index (χ3n) is 2.69. The Morgan fingerprint density at radius 3 is 2.00 bits per heavy atom. The zero-order chi connectivity index (χ0) is 14.0. The summed E-state index contributed by atoms with van der Waals surface area (Å²) in [4.78, 5) is 0. The average Bonchev–Trinajstić information content (AvgIpc) is 2.49. The summed E-state index contributed by atoms with van der Waals surface area (Å²) in [5.41, 5.74) is 0. The van der Waals surface area contributed by atoms with E-state index >= 15 is 0 Å². The molecule has 0 saturated heterocycles. The van der Waals surface area contributed by atoms with Crippen LogP contribution in [0, 0.1) is 0 Å². The lowest BCUT2D eigenvalue weighted by Crippen LogP contribution is -2.05. The summed E-state index contributed by atoms with van der Waals surface area (Å²) in [6.45, 7) is 3.90. The Bertz CT molecular complexity index is 497. The Morgan fingerprint density at radius 1 is 0.700 bits per heavy atom. The Kier molecular flexibility index (Phi) is 5.77. The predicted octanol–water partition coefficient (Wildman–Crippen LogP) is 3.93. The molecule has 0 saturated carbocycles. The lowest BCUT2D eigenvalue weighted by molar-refractivity contribution is 0.246. The van der Waals surface area contributed by atoms with E-state index in [0.29, 0.717) is 19.8 Å². The van der Waals surface area contributed by atoms with Crippen molar-refractivity contribution in [1.29, 1.82) is 0 Å². The zero-order valence-electron chi connectivity index (χ0n) is 11.7. The highest BCUT2D eigenvalue weighted by atomic mass is 16.5. The minimum absolute atomic E-state index is 0.627. The molecule has 2 aromatic rings. The van der Waals surface area contributed by atoms with E-state index in [4.69, 9.17) is 14.2 Å². The fraction of sp³-hybridized carbons (Fsp3) is 0.294. The van der Waals surface area contributed by atoms with Gasteiger partial charge < -0.3 is 14.2 Å². The van der Waals surface area contributed by atoms with Crippen LogP contribution in [0.25, 0.3) is 0 Å². The number of hydrogen-bond acceptors (Lipinski definition) is 3. The number of benzene rings is 2. The highest BCUT2D eigenvalue weighted by Crippen LogP contribution is 2.19. The largest absolute Gasteiger partial charge is 0.494 e. The molecule has 3 nitrogen and oxygen atoms in total. The molecule has 106 valence electrons. The van der Waals surface area contributed by atoms with Crippen molar-refractivity contribution in [2.75, 3.05) is 19.8 Å². The molecule has 0 fully saturated rings. The van der Waals surface area contributed by atoms with E-state index < -0.39 is 0 Å². The molecule has 2 rings (SSSR count).